The summed E-state index contributed by atoms with van der Waals surface area (Å²) < 4.78 is 0. The Kier molecular flexibility index (Phi) is 4.80. The Labute approximate surface area is 115 Å². The monoisotopic (exact) mass is 267 g/mol. The van der Waals surface area contributed by atoms with Crippen molar-refractivity contribution in [1.82, 2.24) is 15.1 Å². The third kappa shape index (κ3) is 3.26. The van der Waals surface area contributed by atoms with Crippen molar-refractivity contribution < 1.29 is 9.59 Å². The fraction of sp³-hybridized carbons (Fsp3) is 0.857. The highest BCUT2D eigenvalue weighted by molar-refractivity contribution is 5.80. The van der Waals surface area contributed by atoms with Crippen molar-refractivity contribution in [2.75, 3.05) is 39.3 Å². The molecular formula is C14H25N3O2. The molecule has 2 aliphatic rings. The topological polar surface area (TPSA) is 52.7 Å². The van der Waals surface area contributed by atoms with Gasteiger partial charge in [0.1, 0.15) is 0 Å². The van der Waals surface area contributed by atoms with Crippen LogP contribution in [-0.4, -0.2) is 60.9 Å². The molecule has 0 aliphatic carbocycles. The average Bonchev–Trinajstić information content (AvgIpc) is 2.70. The highest BCUT2D eigenvalue weighted by atomic mass is 16.2. The van der Waals surface area contributed by atoms with E-state index in [0.29, 0.717) is 25.4 Å². The number of hydrogen-bond acceptors (Lipinski definition) is 3. The van der Waals surface area contributed by atoms with Crippen molar-refractivity contribution >= 4 is 11.8 Å². The van der Waals surface area contributed by atoms with E-state index in [9.17, 15) is 9.59 Å². The summed E-state index contributed by atoms with van der Waals surface area (Å²) in [4.78, 5) is 28.1. The molecule has 0 bridgehead atoms. The van der Waals surface area contributed by atoms with Crippen molar-refractivity contribution in [3.8, 4) is 0 Å². The number of hydrogen-bond donors (Lipinski definition) is 1. The van der Waals surface area contributed by atoms with E-state index in [0.717, 1.165) is 32.6 Å². The predicted molar refractivity (Wildman–Crippen MR) is 73.6 cm³/mol. The lowest BCUT2D eigenvalue weighted by Gasteiger charge is -2.25. The van der Waals surface area contributed by atoms with Gasteiger partial charge in [-0.1, -0.05) is 13.8 Å². The summed E-state index contributed by atoms with van der Waals surface area (Å²) in [6, 6.07) is 0. The van der Waals surface area contributed by atoms with E-state index in [1.165, 1.54) is 0 Å². The van der Waals surface area contributed by atoms with Crippen molar-refractivity contribution in [2.24, 2.45) is 11.8 Å². The van der Waals surface area contributed by atoms with E-state index in [1.54, 1.807) is 0 Å². The molecule has 2 rings (SSSR count). The third-order valence-corrected chi connectivity index (χ3v) is 4.30. The van der Waals surface area contributed by atoms with Crippen LogP contribution in [0.15, 0.2) is 0 Å². The molecule has 2 saturated heterocycles. The van der Waals surface area contributed by atoms with Gasteiger partial charge in [-0.25, -0.2) is 0 Å². The molecule has 5 nitrogen and oxygen atoms in total. The summed E-state index contributed by atoms with van der Waals surface area (Å²) in [6.45, 7) is 8.71. The van der Waals surface area contributed by atoms with Crippen LogP contribution in [0.3, 0.4) is 0 Å². The maximum absolute atomic E-state index is 12.5. The molecule has 2 fully saturated rings. The third-order valence-electron chi connectivity index (χ3n) is 4.30. The molecule has 2 unspecified atom stereocenters. The van der Waals surface area contributed by atoms with Crippen LogP contribution in [0.4, 0.5) is 0 Å². The fourth-order valence-electron chi connectivity index (χ4n) is 2.99. The van der Waals surface area contributed by atoms with Gasteiger partial charge in [-0.3, -0.25) is 9.59 Å². The van der Waals surface area contributed by atoms with E-state index in [4.69, 9.17) is 0 Å². The lowest BCUT2D eigenvalue weighted by Crippen LogP contribution is -2.41. The quantitative estimate of drug-likeness (QED) is 0.783. The van der Waals surface area contributed by atoms with Crippen LogP contribution in [0.1, 0.15) is 26.7 Å². The van der Waals surface area contributed by atoms with Gasteiger partial charge >= 0.3 is 0 Å². The Hall–Kier alpha value is -1.10. The minimum atomic E-state index is 0.119. The number of amides is 2. The van der Waals surface area contributed by atoms with Gasteiger partial charge in [0.05, 0.1) is 5.92 Å². The summed E-state index contributed by atoms with van der Waals surface area (Å²) in [6.07, 6.45) is 1.45. The van der Waals surface area contributed by atoms with E-state index < -0.39 is 0 Å². The Morgan fingerprint density at radius 2 is 1.79 bits per heavy atom. The second kappa shape index (κ2) is 6.37. The molecule has 0 radical (unpaired) electrons. The molecule has 0 saturated carbocycles. The predicted octanol–water partition coefficient (Wildman–Crippen LogP) is 0.313. The first-order valence-electron chi connectivity index (χ1n) is 7.40. The smallest absolute Gasteiger partial charge is 0.227 e. The lowest BCUT2D eigenvalue weighted by atomic mass is 9.96. The number of nitrogens with one attached hydrogen (secondary N) is 1. The van der Waals surface area contributed by atoms with Gasteiger partial charge in [0.2, 0.25) is 11.8 Å². The van der Waals surface area contributed by atoms with Gasteiger partial charge in [-0.05, 0) is 18.9 Å². The summed E-state index contributed by atoms with van der Waals surface area (Å²) in [5.74, 6) is 1.01. The number of rotatable bonds is 2. The Bertz CT molecular complexity index is 346. The SMILES string of the molecule is CCC(=O)N1CCCN(C(=O)C2CNCC2C)CC1. The summed E-state index contributed by atoms with van der Waals surface area (Å²) in [5, 5.41) is 3.28. The van der Waals surface area contributed by atoms with E-state index in [2.05, 4.69) is 12.2 Å². The molecule has 0 aromatic carbocycles. The normalized spacial score (nSPS) is 28.3. The van der Waals surface area contributed by atoms with Crippen molar-refractivity contribution in [3.63, 3.8) is 0 Å². The molecule has 2 amide bonds. The standard InChI is InChI=1S/C14H25N3O2/c1-3-13(18)16-5-4-6-17(8-7-16)14(19)12-10-15-9-11(12)2/h11-12,15H,3-10H2,1-2H3. The van der Waals surface area contributed by atoms with Crippen molar-refractivity contribution in [1.29, 1.82) is 0 Å². The second-order valence-corrected chi connectivity index (χ2v) is 5.66. The second-order valence-electron chi connectivity index (χ2n) is 5.66. The van der Waals surface area contributed by atoms with E-state index >= 15 is 0 Å². The highest BCUT2D eigenvalue weighted by Crippen LogP contribution is 2.19. The molecule has 2 atom stereocenters. The van der Waals surface area contributed by atoms with Crippen LogP contribution >= 0.6 is 0 Å². The maximum atomic E-state index is 12.5. The van der Waals surface area contributed by atoms with Gasteiger partial charge in [0, 0.05) is 39.1 Å². The zero-order valence-electron chi connectivity index (χ0n) is 12.0. The minimum absolute atomic E-state index is 0.119. The van der Waals surface area contributed by atoms with Gasteiger partial charge in [-0.15, -0.1) is 0 Å². The number of nitrogens with zero attached hydrogens (tertiary/aromatic N) is 2. The first-order chi connectivity index (χ1) is 9.13. The van der Waals surface area contributed by atoms with Crippen LogP contribution in [-0.2, 0) is 9.59 Å². The molecule has 0 spiro atoms. The number of carbonyl (C=O) groups excluding carboxylic acids is 2. The van der Waals surface area contributed by atoms with Crippen LogP contribution in [0, 0.1) is 11.8 Å². The molecule has 0 aromatic rings. The van der Waals surface area contributed by atoms with Crippen LogP contribution in [0.5, 0.6) is 0 Å². The zero-order chi connectivity index (χ0) is 13.8. The van der Waals surface area contributed by atoms with Gasteiger partial charge in [0.25, 0.3) is 0 Å². The molecule has 2 heterocycles. The molecular weight excluding hydrogens is 242 g/mol. The summed E-state index contributed by atoms with van der Waals surface area (Å²) in [5.41, 5.74) is 0. The van der Waals surface area contributed by atoms with Crippen molar-refractivity contribution in [3.05, 3.63) is 0 Å². The highest BCUT2D eigenvalue weighted by Gasteiger charge is 2.33. The van der Waals surface area contributed by atoms with Gasteiger partial charge in [-0.2, -0.15) is 0 Å². The average molecular weight is 267 g/mol. The Balaban J connectivity index is 1.91. The van der Waals surface area contributed by atoms with Crippen LogP contribution in [0.2, 0.25) is 0 Å². The van der Waals surface area contributed by atoms with Gasteiger partial charge in [0.15, 0.2) is 0 Å². The maximum Gasteiger partial charge on any atom is 0.227 e. The summed E-state index contributed by atoms with van der Waals surface area (Å²) >= 11 is 0. The summed E-state index contributed by atoms with van der Waals surface area (Å²) in [7, 11) is 0. The van der Waals surface area contributed by atoms with Crippen LogP contribution < -0.4 is 5.32 Å². The van der Waals surface area contributed by atoms with Crippen LogP contribution in [0.25, 0.3) is 0 Å². The van der Waals surface area contributed by atoms with E-state index in [1.807, 2.05) is 16.7 Å². The van der Waals surface area contributed by atoms with Crippen molar-refractivity contribution in [2.45, 2.75) is 26.7 Å². The molecule has 5 heteroatoms. The molecule has 108 valence electrons. The zero-order valence-corrected chi connectivity index (χ0v) is 12.0. The molecule has 19 heavy (non-hydrogen) atoms. The minimum Gasteiger partial charge on any atom is -0.341 e. The Morgan fingerprint density at radius 1 is 1.11 bits per heavy atom. The first-order valence-corrected chi connectivity index (χ1v) is 7.40. The molecule has 2 aliphatic heterocycles. The number of carbonyl (C=O) groups is 2. The Morgan fingerprint density at radius 3 is 2.42 bits per heavy atom. The van der Waals surface area contributed by atoms with E-state index in [-0.39, 0.29) is 17.7 Å². The molecule has 1 N–H and O–H groups in total. The van der Waals surface area contributed by atoms with Gasteiger partial charge < -0.3 is 15.1 Å². The fourth-order valence-corrected chi connectivity index (χ4v) is 2.99. The largest absolute Gasteiger partial charge is 0.341 e. The lowest BCUT2D eigenvalue weighted by molar-refractivity contribution is -0.136. The molecule has 0 aromatic heterocycles. The first kappa shape index (κ1) is 14.3.